The van der Waals surface area contributed by atoms with Crippen LogP contribution >= 0.6 is 0 Å². The predicted molar refractivity (Wildman–Crippen MR) is 45.2 cm³/mol. The molecule has 0 bridgehead atoms. The summed E-state index contributed by atoms with van der Waals surface area (Å²) in [4.78, 5) is 11.2. The minimum Gasteiger partial charge on any atom is -0.383 e. The van der Waals surface area contributed by atoms with Gasteiger partial charge in [-0.15, -0.1) is 6.58 Å². The van der Waals surface area contributed by atoms with E-state index in [1.165, 1.54) is 0 Å². The molecule has 0 radical (unpaired) electrons. The first-order chi connectivity index (χ1) is 5.83. The third kappa shape index (κ3) is 1.11. The Hall–Kier alpha value is -1.25. The van der Waals surface area contributed by atoms with Crippen LogP contribution in [-0.2, 0) is 6.42 Å². The van der Waals surface area contributed by atoms with Crippen molar-refractivity contribution in [1.82, 2.24) is 5.16 Å². The van der Waals surface area contributed by atoms with E-state index in [0.717, 1.165) is 24.2 Å². The van der Waals surface area contributed by atoms with Crippen LogP contribution in [0.25, 0.3) is 0 Å². The molecule has 12 heavy (non-hydrogen) atoms. The van der Waals surface area contributed by atoms with Gasteiger partial charge in [-0.2, -0.15) is 5.16 Å². The number of aromatic amines is 1. The smallest absolute Gasteiger partial charge is 0.283 e. The summed E-state index contributed by atoms with van der Waals surface area (Å²) in [6, 6.07) is 0. The van der Waals surface area contributed by atoms with E-state index in [9.17, 15) is 4.79 Å². The van der Waals surface area contributed by atoms with E-state index < -0.39 is 0 Å². The van der Waals surface area contributed by atoms with Gasteiger partial charge in [0, 0.05) is 5.92 Å². The lowest BCUT2D eigenvalue weighted by Crippen LogP contribution is -2.05. The first-order valence-electron chi connectivity index (χ1n) is 4.14. The molecule has 0 unspecified atom stereocenters. The molecule has 1 fully saturated rings. The van der Waals surface area contributed by atoms with Crippen molar-refractivity contribution in [3.05, 3.63) is 34.3 Å². The van der Waals surface area contributed by atoms with Crippen LogP contribution < -0.4 is 5.56 Å². The lowest BCUT2D eigenvalue weighted by molar-refractivity contribution is 0.378. The van der Waals surface area contributed by atoms with E-state index in [1.807, 2.05) is 0 Å². The van der Waals surface area contributed by atoms with Crippen molar-refractivity contribution in [2.24, 2.45) is 0 Å². The number of H-pyrrole nitrogens is 1. The molecule has 0 amide bonds. The zero-order chi connectivity index (χ0) is 8.55. The van der Waals surface area contributed by atoms with Gasteiger partial charge in [-0.25, -0.2) is 0 Å². The lowest BCUT2D eigenvalue weighted by Gasteiger charge is -1.91. The summed E-state index contributed by atoms with van der Waals surface area (Å²) in [5.41, 5.74) is 0.657. The summed E-state index contributed by atoms with van der Waals surface area (Å²) in [6.45, 7) is 3.60. The molecule has 64 valence electrons. The summed E-state index contributed by atoms with van der Waals surface area (Å²) in [7, 11) is 0. The van der Waals surface area contributed by atoms with Crippen molar-refractivity contribution < 1.29 is 4.52 Å². The maximum Gasteiger partial charge on any atom is 0.283 e. The first-order valence-corrected chi connectivity index (χ1v) is 4.14. The summed E-state index contributed by atoms with van der Waals surface area (Å²) < 4.78 is 5.09. The number of hydrogen-bond donors (Lipinski definition) is 1. The minimum absolute atomic E-state index is 0.100. The molecular weight excluding hydrogens is 154 g/mol. The second-order valence-corrected chi connectivity index (χ2v) is 3.14. The third-order valence-electron chi connectivity index (χ3n) is 2.12. The molecule has 1 aromatic heterocycles. The highest BCUT2D eigenvalue weighted by Gasteiger charge is 2.30. The zero-order valence-electron chi connectivity index (χ0n) is 6.80. The Morgan fingerprint density at radius 2 is 2.42 bits per heavy atom. The van der Waals surface area contributed by atoms with Gasteiger partial charge in [-0.05, 0) is 19.3 Å². The van der Waals surface area contributed by atoms with Crippen molar-refractivity contribution >= 4 is 0 Å². The van der Waals surface area contributed by atoms with Crippen molar-refractivity contribution in [3.63, 3.8) is 0 Å². The van der Waals surface area contributed by atoms with Gasteiger partial charge in [0.25, 0.3) is 5.56 Å². The first kappa shape index (κ1) is 7.40. The van der Waals surface area contributed by atoms with Gasteiger partial charge in [0.1, 0.15) is 5.76 Å². The van der Waals surface area contributed by atoms with Gasteiger partial charge in [0.05, 0.1) is 5.56 Å². The van der Waals surface area contributed by atoms with Gasteiger partial charge in [-0.3, -0.25) is 4.79 Å². The molecular formula is C9H11NO2. The Labute approximate surface area is 70.1 Å². The zero-order valence-corrected chi connectivity index (χ0v) is 6.80. The highest BCUT2D eigenvalue weighted by Crippen LogP contribution is 2.40. The molecule has 0 atom stereocenters. The maximum absolute atomic E-state index is 11.2. The number of aromatic nitrogens is 1. The van der Waals surface area contributed by atoms with Gasteiger partial charge in [0.2, 0.25) is 0 Å². The molecule has 3 nitrogen and oxygen atoms in total. The van der Waals surface area contributed by atoms with Crippen LogP contribution in [0.5, 0.6) is 0 Å². The Morgan fingerprint density at radius 1 is 1.67 bits per heavy atom. The van der Waals surface area contributed by atoms with Crippen LogP contribution in [0.3, 0.4) is 0 Å². The van der Waals surface area contributed by atoms with Crippen LogP contribution in [0.4, 0.5) is 0 Å². The Bertz CT molecular complexity index is 344. The number of allylic oxidation sites excluding steroid dienone is 1. The number of rotatable bonds is 3. The number of hydrogen-bond acceptors (Lipinski definition) is 2. The van der Waals surface area contributed by atoms with E-state index in [-0.39, 0.29) is 5.56 Å². The molecule has 1 N–H and O–H groups in total. The molecule has 1 aliphatic carbocycles. The third-order valence-corrected chi connectivity index (χ3v) is 2.12. The SMILES string of the molecule is C=CCc1c(C2CC2)o[nH]c1=O. The molecule has 3 heteroatoms. The van der Waals surface area contributed by atoms with Crippen LogP contribution in [0.1, 0.15) is 30.1 Å². The van der Waals surface area contributed by atoms with Crippen LogP contribution in [0, 0.1) is 0 Å². The summed E-state index contributed by atoms with van der Waals surface area (Å²) >= 11 is 0. The Kier molecular flexibility index (Phi) is 1.64. The fourth-order valence-corrected chi connectivity index (χ4v) is 1.35. The molecule has 2 rings (SSSR count). The standard InChI is InChI=1S/C9H11NO2/c1-2-3-7-8(6-4-5-6)12-10-9(7)11/h2,6H,1,3-5H2,(H,10,11). The summed E-state index contributed by atoms with van der Waals surface area (Å²) in [5.74, 6) is 1.33. The molecule has 1 saturated carbocycles. The van der Waals surface area contributed by atoms with E-state index in [2.05, 4.69) is 11.7 Å². The van der Waals surface area contributed by atoms with Crippen molar-refractivity contribution in [2.45, 2.75) is 25.2 Å². The fourth-order valence-electron chi connectivity index (χ4n) is 1.35. The summed E-state index contributed by atoms with van der Waals surface area (Å²) in [6.07, 6.45) is 4.62. The molecule has 0 aliphatic heterocycles. The topological polar surface area (TPSA) is 46.0 Å². The average molecular weight is 165 g/mol. The van der Waals surface area contributed by atoms with E-state index >= 15 is 0 Å². The van der Waals surface area contributed by atoms with Gasteiger partial charge in [0.15, 0.2) is 0 Å². The lowest BCUT2D eigenvalue weighted by atomic mass is 10.1. The largest absolute Gasteiger partial charge is 0.383 e. The predicted octanol–water partition coefficient (Wildman–Crippen LogP) is 1.57. The minimum atomic E-state index is -0.100. The highest BCUT2D eigenvalue weighted by molar-refractivity contribution is 5.23. The van der Waals surface area contributed by atoms with Crippen molar-refractivity contribution in [1.29, 1.82) is 0 Å². The van der Waals surface area contributed by atoms with E-state index in [1.54, 1.807) is 6.08 Å². The maximum atomic E-state index is 11.2. The second kappa shape index (κ2) is 2.66. The van der Waals surface area contributed by atoms with Crippen LogP contribution in [-0.4, -0.2) is 5.16 Å². The number of nitrogens with one attached hydrogen (secondary N) is 1. The normalized spacial score (nSPS) is 16.3. The second-order valence-electron chi connectivity index (χ2n) is 3.14. The summed E-state index contributed by atoms with van der Waals surface area (Å²) in [5, 5.41) is 2.37. The highest BCUT2D eigenvalue weighted by atomic mass is 16.5. The average Bonchev–Trinajstić information content (AvgIpc) is 2.82. The van der Waals surface area contributed by atoms with Crippen molar-refractivity contribution in [2.75, 3.05) is 0 Å². The molecule has 0 spiro atoms. The molecule has 1 heterocycles. The molecule has 0 aromatic carbocycles. The quantitative estimate of drug-likeness (QED) is 0.691. The Balaban J connectivity index is 2.39. The van der Waals surface area contributed by atoms with Crippen molar-refractivity contribution in [3.8, 4) is 0 Å². The van der Waals surface area contributed by atoms with E-state index in [4.69, 9.17) is 4.52 Å². The Morgan fingerprint density at radius 3 is 3.00 bits per heavy atom. The van der Waals surface area contributed by atoms with Crippen LogP contribution in [0.15, 0.2) is 22.0 Å². The molecule has 1 aromatic rings. The molecule has 1 aliphatic rings. The fraction of sp³-hybridized carbons (Fsp3) is 0.444. The van der Waals surface area contributed by atoms with Crippen LogP contribution in [0.2, 0.25) is 0 Å². The van der Waals surface area contributed by atoms with E-state index in [0.29, 0.717) is 12.3 Å². The van der Waals surface area contributed by atoms with Gasteiger partial charge in [-0.1, -0.05) is 6.08 Å². The van der Waals surface area contributed by atoms with Gasteiger partial charge >= 0.3 is 0 Å². The van der Waals surface area contributed by atoms with Gasteiger partial charge < -0.3 is 4.52 Å². The molecule has 0 saturated heterocycles. The monoisotopic (exact) mass is 165 g/mol.